The molecule has 2 fully saturated rings. The van der Waals surface area contributed by atoms with Crippen molar-refractivity contribution in [1.29, 1.82) is 5.26 Å². The summed E-state index contributed by atoms with van der Waals surface area (Å²) in [6.07, 6.45) is 16.5. The van der Waals surface area contributed by atoms with Gasteiger partial charge in [0.15, 0.2) is 23.0 Å². The first-order chi connectivity index (χ1) is 29.5. The van der Waals surface area contributed by atoms with Gasteiger partial charge in [0, 0.05) is 53.4 Å². The van der Waals surface area contributed by atoms with Crippen molar-refractivity contribution in [3.05, 3.63) is 39.4 Å². The average molecular weight is 861 g/mol. The maximum absolute atomic E-state index is 14.0. The number of carbonyl (C=O) groups is 3. The largest absolute Gasteiger partial charge is 0.504 e. The molecule has 2 saturated heterocycles. The van der Waals surface area contributed by atoms with Crippen LogP contribution in [0.25, 0.3) is 0 Å². The van der Waals surface area contributed by atoms with E-state index in [4.69, 9.17) is 23.7 Å². The molecule has 6 aliphatic rings. The molecule has 13 nitrogen and oxygen atoms in total. The van der Waals surface area contributed by atoms with E-state index in [1.54, 1.807) is 7.11 Å². The van der Waals surface area contributed by atoms with Gasteiger partial charge in [0.2, 0.25) is 12.7 Å². The number of rotatable bonds is 17. The Labute approximate surface area is 365 Å². The Bertz CT molecular complexity index is 2000. The number of ether oxygens (including phenoxy) is 5. The molecule has 14 heteroatoms. The third kappa shape index (κ3) is 8.89. The van der Waals surface area contributed by atoms with Crippen LogP contribution in [-0.4, -0.2) is 90.2 Å². The molecule has 332 valence electrons. The number of nitriles is 1. The Hall–Kier alpha value is -4.19. The maximum Gasteiger partial charge on any atom is 0.329 e. The molecule has 61 heavy (non-hydrogen) atoms. The number of esters is 2. The molecule has 7 atom stereocenters. The van der Waals surface area contributed by atoms with Crippen molar-refractivity contribution >= 4 is 29.6 Å². The Kier molecular flexibility index (Phi) is 14.6. The molecule has 6 heterocycles. The molecule has 6 aliphatic heterocycles. The zero-order valence-corrected chi connectivity index (χ0v) is 37.6. The van der Waals surface area contributed by atoms with E-state index in [9.17, 15) is 24.8 Å². The van der Waals surface area contributed by atoms with Crippen molar-refractivity contribution in [3.8, 4) is 34.8 Å². The van der Waals surface area contributed by atoms with Crippen LogP contribution in [0.1, 0.15) is 154 Å². The molecule has 0 aliphatic carbocycles. The van der Waals surface area contributed by atoms with Crippen molar-refractivity contribution in [2.75, 3.05) is 33.3 Å². The monoisotopic (exact) mass is 860 g/mol. The number of nitrogens with zero attached hydrogens (tertiary/aromatic N) is 3. The number of aryl methyl sites for hydroxylation is 1. The molecule has 1 unspecified atom stereocenters. The second kappa shape index (κ2) is 19.9. The Balaban J connectivity index is 1.16. The molecule has 1 amide bonds. The number of unbranched alkanes of at least 4 members (excludes halogenated alkanes) is 12. The molecule has 0 radical (unpaired) electrons. The van der Waals surface area contributed by atoms with Gasteiger partial charge in [0.1, 0.15) is 24.4 Å². The van der Waals surface area contributed by atoms with Gasteiger partial charge in [0.25, 0.3) is 0 Å². The number of piperazine rings is 1. The summed E-state index contributed by atoms with van der Waals surface area (Å²) in [4.78, 5) is 44.7. The molecule has 0 saturated carbocycles. The molecule has 0 spiro atoms. The number of hydrogen-bond acceptors (Lipinski definition) is 13. The number of benzene rings is 2. The standard InChI is InChI=1S/C47H64N4O9S/c1-7-8-9-10-11-12-13-14-15-16-17-18-19-20-35(53)49-31-25-61-46-38-37(45-44(58-26-59-45)28(3)43(38)60-29(4)52)34(24-57-47(31)55)51-33(23-48)32-22-30-21-27(2)42(56-6)41(54)36(30)39(40(46)51)50(32)5/h21,31-34,39-40,46,54H,7-20,22,24-26H2,1-6H3,(H,49,53)/t31-,32-,33-,34-,39+,40?,46+/m0/s1. The van der Waals surface area contributed by atoms with Crippen LogP contribution in [0.3, 0.4) is 0 Å². The molecule has 4 bridgehead atoms. The first kappa shape index (κ1) is 44.9. The fourth-order valence-corrected chi connectivity index (χ4v) is 12.1. The van der Waals surface area contributed by atoms with Gasteiger partial charge < -0.3 is 34.1 Å². The van der Waals surface area contributed by atoms with Crippen LogP contribution in [0.15, 0.2) is 6.07 Å². The summed E-state index contributed by atoms with van der Waals surface area (Å²) in [5.41, 5.74) is 4.38. The van der Waals surface area contributed by atoms with Gasteiger partial charge in [-0.05, 0) is 44.9 Å². The van der Waals surface area contributed by atoms with Crippen LogP contribution >= 0.6 is 11.8 Å². The van der Waals surface area contributed by atoms with Crippen molar-refractivity contribution in [2.24, 2.45) is 0 Å². The topological polar surface area (TPSA) is 160 Å². The van der Waals surface area contributed by atoms with Gasteiger partial charge in [-0.25, -0.2) is 4.79 Å². The minimum Gasteiger partial charge on any atom is -0.504 e. The molecular weight excluding hydrogens is 797 g/mol. The first-order valence-electron chi connectivity index (χ1n) is 22.5. The van der Waals surface area contributed by atoms with Gasteiger partial charge in [-0.1, -0.05) is 90.0 Å². The van der Waals surface area contributed by atoms with Crippen LogP contribution < -0.4 is 24.3 Å². The smallest absolute Gasteiger partial charge is 0.329 e. The number of nitrogens with one attached hydrogen (secondary N) is 1. The van der Waals surface area contributed by atoms with E-state index in [0.29, 0.717) is 58.1 Å². The van der Waals surface area contributed by atoms with Gasteiger partial charge in [0.05, 0.1) is 30.5 Å². The average Bonchev–Trinajstić information content (AvgIpc) is 3.72. The normalized spacial score (nSPS) is 25.1. The van der Waals surface area contributed by atoms with E-state index in [2.05, 4.69) is 28.1 Å². The zero-order valence-electron chi connectivity index (χ0n) is 36.8. The first-order valence-corrected chi connectivity index (χ1v) is 23.6. The fraction of sp³-hybridized carbons (Fsp3) is 0.660. The number of thioether (sulfide) groups is 1. The molecule has 0 aromatic heterocycles. The van der Waals surface area contributed by atoms with Gasteiger partial charge in [-0.15, -0.1) is 11.8 Å². The lowest BCUT2D eigenvalue weighted by molar-refractivity contribution is -0.152. The minimum absolute atomic E-state index is 0.0492. The van der Waals surface area contributed by atoms with Crippen molar-refractivity contribution < 1.29 is 43.2 Å². The number of methoxy groups -OCH3 is 1. The number of hydrogen-bond donors (Lipinski definition) is 2. The van der Waals surface area contributed by atoms with Gasteiger partial charge in [-0.2, -0.15) is 5.26 Å². The van der Waals surface area contributed by atoms with Gasteiger partial charge in [-0.3, -0.25) is 19.4 Å². The highest BCUT2D eigenvalue weighted by molar-refractivity contribution is 7.99. The number of fused-ring (bicyclic) bond motifs is 10. The Morgan fingerprint density at radius 1 is 0.951 bits per heavy atom. The fourth-order valence-electron chi connectivity index (χ4n) is 10.6. The van der Waals surface area contributed by atoms with Crippen molar-refractivity contribution in [2.45, 2.75) is 166 Å². The predicted octanol–water partition coefficient (Wildman–Crippen LogP) is 8.20. The number of phenolic OH excluding ortho intramolecular Hbond substituents is 1. The third-order valence-electron chi connectivity index (χ3n) is 13.5. The summed E-state index contributed by atoms with van der Waals surface area (Å²) >= 11 is 1.44. The molecule has 2 aromatic rings. The highest BCUT2D eigenvalue weighted by Gasteiger charge is 2.60. The quantitative estimate of drug-likeness (QED) is 0.0891. The third-order valence-corrected chi connectivity index (χ3v) is 14.9. The van der Waals surface area contributed by atoms with Crippen LogP contribution in [0.5, 0.6) is 28.7 Å². The number of likely N-dealkylation sites (N-methyl/N-ethyl adjacent to an activating group) is 1. The van der Waals surface area contributed by atoms with Crippen LogP contribution in [0.2, 0.25) is 0 Å². The van der Waals surface area contributed by atoms with Gasteiger partial charge >= 0.3 is 11.9 Å². The number of phenols is 1. The van der Waals surface area contributed by atoms with Crippen molar-refractivity contribution in [1.82, 2.24) is 15.1 Å². The van der Waals surface area contributed by atoms with E-state index >= 15 is 0 Å². The molecule has 2 aromatic carbocycles. The Morgan fingerprint density at radius 2 is 1.61 bits per heavy atom. The summed E-state index contributed by atoms with van der Waals surface area (Å²) in [5, 5.41) is 25.5. The second-order valence-corrected chi connectivity index (χ2v) is 18.7. The molecule has 2 N–H and O–H groups in total. The highest BCUT2D eigenvalue weighted by atomic mass is 32.2. The SMILES string of the molecule is CCCCCCCCCCCCCCCC(=O)N[C@H]1CS[C@@H]2c3c(OC(C)=O)c(C)c4c(c3[C@H](COC1=O)N1C2[C@H]2c3c(cc(C)c(OC)c3O)C[C@@H]([C@@H]1C#N)N2C)OCO4. The predicted molar refractivity (Wildman–Crippen MR) is 232 cm³/mol. The van der Waals surface area contributed by atoms with Crippen LogP contribution in [0.4, 0.5) is 0 Å². The van der Waals surface area contributed by atoms with E-state index < -0.39 is 47.4 Å². The lowest BCUT2D eigenvalue weighted by atomic mass is 9.71. The van der Waals surface area contributed by atoms with Crippen molar-refractivity contribution in [3.63, 3.8) is 0 Å². The lowest BCUT2D eigenvalue weighted by Gasteiger charge is -2.61. The maximum atomic E-state index is 14.0. The lowest BCUT2D eigenvalue weighted by Crippen LogP contribution is -2.69. The number of carbonyl (C=O) groups excluding carboxylic acids is 3. The zero-order chi connectivity index (χ0) is 43.4. The van der Waals surface area contributed by atoms with E-state index in [0.717, 1.165) is 30.4 Å². The van der Waals surface area contributed by atoms with E-state index in [1.165, 1.54) is 82.9 Å². The van der Waals surface area contributed by atoms with E-state index in [-0.39, 0.29) is 36.9 Å². The minimum atomic E-state index is -0.946. The van der Waals surface area contributed by atoms with Crippen LogP contribution in [-0.2, 0) is 25.5 Å². The number of aromatic hydroxyl groups is 1. The summed E-state index contributed by atoms with van der Waals surface area (Å²) in [6.45, 7) is 7.12. The summed E-state index contributed by atoms with van der Waals surface area (Å²) in [7, 11) is 3.53. The van der Waals surface area contributed by atoms with Crippen LogP contribution in [0, 0.1) is 25.2 Å². The highest BCUT2D eigenvalue weighted by Crippen LogP contribution is 2.64. The van der Waals surface area contributed by atoms with E-state index in [1.807, 2.05) is 27.0 Å². The molecular formula is C47H64N4O9S. The summed E-state index contributed by atoms with van der Waals surface area (Å²) in [6, 6.07) is 1.07. The number of amides is 1. The Morgan fingerprint density at radius 3 is 2.25 bits per heavy atom. The molecule has 8 rings (SSSR count). The summed E-state index contributed by atoms with van der Waals surface area (Å²) in [5.74, 6) is 0.558. The summed E-state index contributed by atoms with van der Waals surface area (Å²) < 4.78 is 30.2. The second-order valence-electron chi connectivity index (χ2n) is 17.5.